The second-order valence-electron chi connectivity index (χ2n) is 4.67. The van der Waals surface area contributed by atoms with E-state index >= 15 is 0 Å². The summed E-state index contributed by atoms with van der Waals surface area (Å²) in [6.45, 7) is 1.68. The van der Waals surface area contributed by atoms with Crippen LogP contribution in [0.5, 0.6) is 0 Å². The fraction of sp³-hybridized carbons (Fsp3) is 0.143. The lowest BCUT2D eigenvalue weighted by Crippen LogP contribution is -2.10. The Morgan fingerprint density at radius 2 is 1.86 bits per heavy atom. The second kappa shape index (κ2) is 5.14. The van der Waals surface area contributed by atoms with Crippen molar-refractivity contribution in [3.63, 3.8) is 0 Å². The van der Waals surface area contributed by atoms with Crippen molar-refractivity contribution < 1.29 is 13.2 Å². The maximum absolute atomic E-state index is 12.9. The highest BCUT2D eigenvalue weighted by molar-refractivity contribution is 6.31. The van der Waals surface area contributed by atoms with Gasteiger partial charge in [0.2, 0.25) is 0 Å². The van der Waals surface area contributed by atoms with Crippen LogP contribution in [0.25, 0.3) is 16.8 Å². The van der Waals surface area contributed by atoms with Gasteiger partial charge in [0.25, 0.3) is 0 Å². The van der Waals surface area contributed by atoms with Crippen LogP contribution in [0.1, 0.15) is 11.4 Å². The van der Waals surface area contributed by atoms with Crippen molar-refractivity contribution >= 4 is 28.8 Å². The van der Waals surface area contributed by atoms with Gasteiger partial charge in [-0.1, -0.05) is 35.3 Å². The minimum atomic E-state index is -4.59. The summed E-state index contributed by atoms with van der Waals surface area (Å²) >= 11 is 11.9. The van der Waals surface area contributed by atoms with E-state index in [1.54, 1.807) is 31.2 Å². The Hall–Kier alpha value is -1.79. The fourth-order valence-electron chi connectivity index (χ4n) is 2.21. The topological polar surface area (TPSA) is 30.2 Å². The van der Waals surface area contributed by atoms with Crippen molar-refractivity contribution in [1.29, 1.82) is 0 Å². The predicted molar refractivity (Wildman–Crippen MR) is 78.2 cm³/mol. The van der Waals surface area contributed by atoms with Gasteiger partial charge < -0.3 is 0 Å². The van der Waals surface area contributed by atoms with Gasteiger partial charge in [-0.3, -0.25) is 0 Å². The number of alkyl halides is 3. The van der Waals surface area contributed by atoms with E-state index < -0.39 is 11.9 Å². The van der Waals surface area contributed by atoms with E-state index in [1.165, 1.54) is 4.52 Å². The highest BCUT2D eigenvalue weighted by Crippen LogP contribution is 2.34. The molecule has 0 N–H and O–H groups in total. The summed E-state index contributed by atoms with van der Waals surface area (Å²) in [5, 5.41) is 4.46. The predicted octanol–water partition coefficient (Wildman–Crippen LogP) is 5.03. The average Bonchev–Trinajstić information content (AvgIpc) is 2.74. The van der Waals surface area contributed by atoms with Crippen LogP contribution in [0.15, 0.2) is 30.3 Å². The molecule has 2 aromatic heterocycles. The molecule has 8 heteroatoms. The van der Waals surface area contributed by atoms with E-state index in [2.05, 4.69) is 10.1 Å². The first-order valence-electron chi connectivity index (χ1n) is 6.16. The molecule has 0 radical (unpaired) electrons. The van der Waals surface area contributed by atoms with Gasteiger partial charge in [0, 0.05) is 16.7 Å². The number of hydrogen-bond donors (Lipinski definition) is 0. The fourth-order valence-corrected chi connectivity index (χ4v) is 2.63. The molecule has 3 nitrogen and oxygen atoms in total. The number of nitrogens with zero attached hydrogens (tertiary/aromatic N) is 3. The van der Waals surface area contributed by atoms with Crippen LogP contribution >= 0.6 is 23.2 Å². The van der Waals surface area contributed by atoms with E-state index in [4.69, 9.17) is 23.2 Å². The van der Waals surface area contributed by atoms with Gasteiger partial charge in [0.15, 0.2) is 5.65 Å². The Bertz CT molecular complexity index is 872. The third kappa shape index (κ3) is 2.53. The molecule has 0 atom stereocenters. The van der Waals surface area contributed by atoms with Gasteiger partial charge in [0.1, 0.15) is 10.8 Å². The molecule has 0 aliphatic carbocycles. The van der Waals surface area contributed by atoms with Gasteiger partial charge in [-0.05, 0) is 24.6 Å². The first-order valence-corrected chi connectivity index (χ1v) is 6.92. The Kier molecular flexibility index (Phi) is 3.53. The molecule has 0 bridgehead atoms. The molecule has 22 heavy (non-hydrogen) atoms. The zero-order chi connectivity index (χ0) is 16.1. The van der Waals surface area contributed by atoms with Gasteiger partial charge >= 0.3 is 6.18 Å². The smallest absolute Gasteiger partial charge is 0.223 e. The molecular weight excluding hydrogens is 338 g/mol. The highest BCUT2D eigenvalue weighted by atomic mass is 35.5. The van der Waals surface area contributed by atoms with Crippen molar-refractivity contribution in [2.24, 2.45) is 0 Å². The van der Waals surface area contributed by atoms with Crippen molar-refractivity contribution in [2.75, 3.05) is 0 Å². The molecule has 3 rings (SSSR count). The molecule has 1 aromatic carbocycles. The Labute approximate surface area is 133 Å². The normalized spacial score (nSPS) is 12.1. The molecule has 114 valence electrons. The van der Waals surface area contributed by atoms with E-state index in [0.29, 0.717) is 21.8 Å². The molecule has 2 heterocycles. The molecule has 0 aliphatic heterocycles. The summed E-state index contributed by atoms with van der Waals surface area (Å²) in [5.74, 6) is 0. The third-order valence-corrected chi connectivity index (χ3v) is 3.63. The Morgan fingerprint density at radius 1 is 1.14 bits per heavy atom. The lowest BCUT2D eigenvalue weighted by Gasteiger charge is -2.08. The molecule has 0 saturated heterocycles. The van der Waals surface area contributed by atoms with Gasteiger partial charge in [-0.2, -0.15) is 18.3 Å². The largest absolute Gasteiger partial charge is 0.433 e. The van der Waals surface area contributed by atoms with E-state index in [1.807, 2.05) is 0 Å². The Balaban J connectivity index is 2.35. The summed E-state index contributed by atoms with van der Waals surface area (Å²) in [5.41, 5.74) is 0.585. The SMILES string of the molecule is Cc1nn2c(Cl)cc(C(F)(F)F)nc2c1-c1cccc(Cl)c1. The monoisotopic (exact) mass is 345 g/mol. The van der Waals surface area contributed by atoms with Gasteiger partial charge in [0.05, 0.1) is 5.69 Å². The molecular formula is C14H8Cl2F3N3. The lowest BCUT2D eigenvalue weighted by molar-refractivity contribution is -0.141. The molecule has 0 saturated carbocycles. The van der Waals surface area contributed by atoms with Crippen molar-refractivity contribution in [2.45, 2.75) is 13.1 Å². The molecule has 3 aromatic rings. The number of benzene rings is 1. The van der Waals surface area contributed by atoms with Crippen LogP contribution in [0.2, 0.25) is 10.2 Å². The summed E-state index contributed by atoms with van der Waals surface area (Å²) in [4.78, 5) is 3.68. The number of halogens is 5. The second-order valence-corrected chi connectivity index (χ2v) is 5.49. The number of rotatable bonds is 1. The zero-order valence-electron chi connectivity index (χ0n) is 11.1. The first-order chi connectivity index (χ1) is 10.3. The maximum atomic E-state index is 12.9. The van der Waals surface area contributed by atoms with Crippen LogP contribution in [0.3, 0.4) is 0 Å². The van der Waals surface area contributed by atoms with E-state index in [0.717, 1.165) is 6.07 Å². The number of aryl methyl sites for hydroxylation is 1. The summed E-state index contributed by atoms with van der Waals surface area (Å²) in [6.07, 6.45) is -4.59. The zero-order valence-corrected chi connectivity index (χ0v) is 12.6. The van der Waals surface area contributed by atoms with Crippen molar-refractivity contribution in [3.8, 4) is 11.1 Å². The molecule has 0 amide bonds. The maximum Gasteiger partial charge on any atom is 0.433 e. The number of aromatic nitrogens is 3. The molecule has 0 fully saturated rings. The van der Waals surface area contributed by atoms with Crippen molar-refractivity contribution in [3.05, 3.63) is 51.9 Å². The van der Waals surface area contributed by atoms with E-state index in [-0.39, 0.29) is 10.8 Å². The van der Waals surface area contributed by atoms with Crippen LogP contribution < -0.4 is 0 Å². The van der Waals surface area contributed by atoms with Crippen LogP contribution in [-0.2, 0) is 6.18 Å². The summed E-state index contributed by atoms with van der Waals surface area (Å²) < 4.78 is 40.0. The van der Waals surface area contributed by atoms with E-state index in [9.17, 15) is 13.2 Å². The third-order valence-electron chi connectivity index (χ3n) is 3.12. The summed E-state index contributed by atoms with van der Waals surface area (Å²) in [7, 11) is 0. The minimum Gasteiger partial charge on any atom is -0.223 e. The van der Waals surface area contributed by atoms with Gasteiger partial charge in [-0.25, -0.2) is 9.50 Å². The Morgan fingerprint density at radius 3 is 2.50 bits per heavy atom. The number of fused-ring (bicyclic) bond motifs is 1. The standard InChI is InChI=1S/C14H8Cl2F3N3/c1-7-12(8-3-2-4-9(15)5-8)13-20-10(14(17,18)19)6-11(16)22(13)21-7/h2-6H,1H3. The molecule has 0 aliphatic rings. The first kappa shape index (κ1) is 15.1. The van der Waals surface area contributed by atoms with Crippen LogP contribution in [-0.4, -0.2) is 14.6 Å². The molecule has 0 unspecified atom stereocenters. The van der Waals surface area contributed by atoms with Crippen LogP contribution in [0, 0.1) is 6.92 Å². The van der Waals surface area contributed by atoms with Crippen molar-refractivity contribution in [1.82, 2.24) is 14.6 Å². The van der Waals surface area contributed by atoms with Crippen LogP contribution in [0.4, 0.5) is 13.2 Å². The quantitative estimate of drug-likeness (QED) is 0.579. The average molecular weight is 346 g/mol. The summed E-state index contributed by atoms with van der Waals surface area (Å²) in [6, 6.07) is 7.50. The highest BCUT2D eigenvalue weighted by Gasteiger charge is 2.34. The minimum absolute atomic E-state index is 0.0413. The van der Waals surface area contributed by atoms with Gasteiger partial charge in [-0.15, -0.1) is 0 Å². The number of hydrogen-bond acceptors (Lipinski definition) is 2. The molecule has 0 spiro atoms. The lowest BCUT2D eigenvalue weighted by atomic mass is 10.1.